The van der Waals surface area contributed by atoms with Crippen molar-refractivity contribution in [1.29, 1.82) is 0 Å². The van der Waals surface area contributed by atoms with Crippen molar-refractivity contribution in [3.8, 4) is 0 Å². The van der Waals surface area contributed by atoms with Crippen LogP contribution in [0.4, 0.5) is 0 Å². The van der Waals surface area contributed by atoms with Crippen molar-refractivity contribution in [1.82, 2.24) is 10.2 Å². The topological polar surface area (TPSA) is 15.3 Å². The van der Waals surface area contributed by atoms with Gasteiger partial charge in [0.25, 0.3) is 0 Å². The van der Waals surface area contributed by atoms with Gasteiger partial charge >= 0.3 is 0 Å². The van der Waals surface area contributed by atoms with Gasteiger partial charge < -0.3 is 10.2 Å². The largest absolute Gasteiger partial charge is 0.312 e. The van der Waals surface area contributed by atoms with Gasteiger partial charge in [0.1, 0.15) is 0 Å². The number of nitrogens with one attached hydrogen (secondary N) is 1. The van der Waals surface area contributed by atoms with E-state index >= 15 is 0 Å². The Morgan fingerprint density at radius 2 is 1.83 bits per heavy atom. The molecular formula is C16H30N2. The molecule has 0 saturated heterocycles. The summed E-state index contributed by atoms with van der Waals surface area (Å²) in [6, 6.07) is 0.563. The Morgan fingerprint density at radius 3 is 2.44 bits per heavy atom. The van der Waals surface area contributed by atoms with Gasteiger partial charge in [-0.3, -0.25) is 0 Å². The lowest BCUT2D eigenvalue weighted by atomic mass is 9.81. The molecule has 0 aromatic carbocycles. The maximum Gasteiger partial charge on any atom is 0.0463 e. The molecule has 1 fully saturated rings. The number of rotatable bonds is 4. The Morgan fingerprint density at radius 1 is 1.11 bits per heavy atom. The van der Waals surface area contributed by atoms with Crippen molar-refractivity contribution in [2.24, 2.45) is 0 Å². The molecule has 2 nitrogen and oxygen atoms in total. The molecule has 2 aliphatic carbocycles. The minimum Gasteiger partial charge on any atom is -0.312 e. The fraction of sp³-hybridized carbons (Fsp3) is 0.875. The monoisotopic (exact) mass is 250 g/mol. The van der Waals surface area contributed by atoms with E-state index in [-0.39, 0.29) is 0 Å². The second-order valence-electron chi connectivity index (χ2n) is 6.31. The van der Waals surface area contributed by atoms with Crippen LogP contribution in [0.3, 0.4) is 0 Å². The molecule has 0 heterocycles. The highest BCUT2D eigenvalue weighted by atomic mass is 15.2. The second-order valence-corrected chi connectivity index (χ2v) is 6.31. The first kappa shape index (κ1) is 14.1. The zero-order valence-electron chi connectivity index (χ0n) is 12.5. The second kappa shape index (κ2) is 6.21. The van der Waals surface area contributed by atoms with Crippen LogP contribution in [0.5, 0.6) is 0 Å². The summed E-state index contributed by atoms with van der Waals surface area (Å²) >= 11 is 0. The third kappa shape index (κ3) is 2.65. The van der Waals surface area contributed by atoms with E-state index in [1.54, 1.807) is 5.57 Å². The van der Waals surface area contributed by atoms with Crippen molar-refractivity contribution in [2.75, 3.05) is 21.1 Å². The molecule has 2 heteroatoms. The summed E-state index contributed by atoms with van der Waals surface area (Å²) < 4.78 is 0. The summed E-state index contributed by atoms with van der Waals surface area (Å²) in [4.78, 5) is 2.49. The highest BCUT2D eigenvalue weighted by molar-refractivity contribution is 5.21. The quantitative estimate of drug-likeness (QED) is 0.770. The number of nitrogens with zero attached hydrogens (tertiary/aromatic N) is 1. The van der Waals surface area contributed by atoms with Gasteiger partial charge in [0.15, 0.2) is 0 Å². The summed E-state index contributed by atoms with van der Waals surface area (Å²) in [5.41, 5.74) is 2.05. The first-order chi connectivity index (χ1) is 8.70. The molecule has 1 N–H and O–H groups in total. The molecule has 0 radical (unpaired) electrons. The van der Waals surface area contributed by atoms with E-state index in [1.165, 1.54) is 57.8 Å². The summed E-state index contributed by atoms with van der Waals surface area (Å²) in [5, 5.41) is 3.65. The zero-order chi connectivity index (χ0) is 13.0. The minimum atomic E-state index is 0.366. The van der Waals surface area contributed by atoms with E-state index in [1.807, 2.05) is 0 Å². The number of hydrogen-bond donors (Lipinski definition) is 1. The van der Waals surface area contributed by atoms with Gasteiger partial charge in [0.05, 0.1) is 0 Å². The summed E-state index contributed by atoms with van der Waals surface area (Å²) in [7, 11) is 6.69. The number of allylic oxidation sites excluding steroid dienone is 1. The first-order valence-corrected chi connectivity index (χ1v) is 7.74. The molecule has 1 unspecified atom stereocenters. The van der Waals surface area contributed by atoms with Gasteiger partial charge in [-0.2, -0.15) is 0 Å². The van der Waals surface area contributed by atoms with Crippen LogP contribution in [0, 0.1) is 0 Å². The Kier molecular flexibility index (Phi) is 4.85. The molecule has 0 aliphatic heterocycles. The van der Waals surface area contributed by atoms with E-state index in [2.05, 4.69) is 37.4 Å². The molecule has 0 bridgehead atoms. The molecule has 0 amide bonds. The van der Waals surface area contributed by atoms with Gasteiger partial charge in [-0.05, 0) is 59.7 Å². The Bertz CT molecular complexity index is 287. The molecule has 0 aromatic rings. The van der Waals surface area contributed by atoms with Crippen LogP contribution in [0.1, 0.15) is 57.8 Å². The van der Waals surface area contributed by atoms with Crippen molar-refractivity contribution in [3.63, 3.8) is 0 Å². The third-order valence-electron chi connectivity index (χ3n) is 5.13. The Balaban J connectivity index is 2.22. The van der Waals surface area contributed by atoms with Crippen LogP contribution in [-0.2, 0) is 0 Å². The molecule has 18 heavy (non-hydrogen) atoms. The first-order valence-electron chi connectivity index (χ1n) is 7.74. The van der Waals surface area contributed by atoms with E-state index in [0.29, 0.717) is 11.6 Å². The van der Waals surface area contributed by atoms with E-state index < -0.39 is 0 Å². The smallest absolute Gasteiger partial charge is 0.0463 e. The fourth-order valence-electron chi connectivity index (χ4n) is 4.08. The van der Waals surface area contributed by atoms with Crippen molar-refractivity contribution < 1.29 is 0 Å². The molecule has 104 valence electrons. The molecule has 0 aromatic heterocycles. The molecular weight excluding hydrogens is 220 g/mol. The van der Waals surface area contributed by atoms with Crippen LogP contribution < -0.4 is 5.32 Å². The standard InChI is InChI=1S/C16H30N2/c1-17-15(14-10-6-4-5-7-11-14)16(18(2)3)12-8-9-13-16/h10,15,17H,4-9,11-13H2,1-3H3. The Labute approximate surface area is 113 Å². The normalized spacial score (nSPS) is 25.9. The van der Waals surface area contributed by atoms with Crippen LogP contribution in [0.2, 0.25) is 0 Å². The van der Waals surface area contributed by atoms with Gasteiger partial charge in [0.2, 0.25) is 0 Å². The maximum atomic E-state index is 3.65. The molecule has 0 spiro atoms. The van der Waals surface area contributed by atoms with Crippen molar-refractivity contribution in [2.45, 2.75) is 69.4 Å². The SMILES string of the molecule is CNC(C1=CCCCCC1)C1(N(C)C)CCCC1. The predicted octanol–water partition coefficient (Wildman–Crippen LogP) is 3.34. The number of likely N-dealkylation sites (N-methyl/N-ethyl adjacent to an activating group) is 2. The molecule has 2 aliphatic rings. The average Bonchev–Trinajstić information content (AvgIpc) is 2.69. The molecule has 1 atom stereocenters. The highest BCUT2D eigenvalue weighted by Gasteiger charge is 2.43. The van der Waals surface area contributed by atoms with Gasteiger partial charge in [-0.25, -0.2) is 0 Å². The van der Waals surface area contributed by atoms with Crippen LogP contribution in [0.15, 0.2) is 11.6 Å². The highest BCUT2D eigenvalue weighted by Crippen LogP contribution is 2.40. The van der Waals surface area contributed by atoms with Crippen molar-refractivity contribution >= 4 is 0 Å². The van der Waals surface area contributed by atoms with E-state index in [4.69, 9.17) is 0 Å². The van der Waals surface area contributed by atoms with Gasteiger partial charge in [-0.1, -0.05) is 30.9 Å². The fourth-order valence-corrected chi connectivity index (χ4v) is 4.08. The van der Waals surface area contributed by atoms with E-state index in [0.717, 1.165) is 0 Å². The lowest BCUT2D eigenvalue weighted by molar-refractivity contribution is 0.122. The lowest BCUT2D eigenvalue weighted by Gasteiger charge is -2.44. The van der Waals surface area contributed by atoms with Crippen LogP contribution in [-0.4, -0.2) is 37.6 Å². The number of hydrogen-bond acceptors (Lipinski definition) is 2. The van der Waals surface area contributed by atoms with Gasteiger partial charge in [-0.15, -0.1) is 0 Å². The van der Waals surface area contributed by atoms with Crippen LogP contribution >= 0.6 is 0 Å². The molecule has 2 rings (SSSR count). The predicted molar refractivity (Wildman–Crippen MR) is 78.9 cm³/mol. The summed E-state index contributed by atoms with van der Waals surface area (Å²) in [6.45, 7) is 0. The van der Waals surface area contributed by atoms with Crippen molar-refractivity contribution in [3.05, 3.63) is 11.6 Å². The third-order valence-corrected chi connectivity index (χ3v) is 5.13. The van der Waals surface area contributed by atoms with Crippen LogP contribution in [0.25, 0.3) is 0 Å². The van der Waals surface area contributed by atoms with Gasteiger partial charge in [0, 0.05) is 11.6 Å². The molecule has 1 saturated carbocycles. The van der Waals surface area contributed by atoms with E-state index in [9.17, 15) is 0 Å². The Hall–Kier alpha value is -0.340. The maximum absolute atomic E-state index is 3.65. The summed E-state index contributed by atoms with van der Waals surface area (Å²) in [6.07, 6.45) is 14.8. The average molecular weight is 250 g/mol. The minimum absolute atomic E-state index is 0.366. The lowest BCUT2D eigenvalue weighted by Crippen LogP contribution is -2.57. The zero-order valence-corrected chi connectivity index (χ0v) is 12.5. The summed E-state index contributed by atoms with van der Waals surface area (Å²) in [5.74, 6) is 0.